The van der Waals surface area contributed by atoms with Gasteiger partial charge in [0, 0.05) is 0 Å². The van der Waals surface area contributed by atoms with Crippen LogP contribution < -0.4 is 0 Å². The summed E-state index contributed by atoms with van der Waals surface area (Å²) in [7, 11) is 0. The van der Waals surface area contributed by atoms with Crippen LogP contribution in [0.5, 0.6) is 0 Å². The van der Waals surface area contributed by atoms with Gasteiger partial charge < -0.3 is 0 Å². The van der Waals surface area contributed by atoms with Crippen LogP contribution in [0, 0.1) is 0 Å². The lowest BCUT2D eigenvalue weighted by Crippen LogP contribution is -2.60. The van der Waals surface area contributed by atoms with E-state index >= 15 is 0 Å². The van der Waals surface area contributed by atoms with E-state index in [0.717, 1.165) is 12.1 Å². The SMILES string of the molecule is CCC(C)c1ccc(C(C)(C(F)(F)F)C(F)(F)C(F)(F)F)cc1. The molecular formula is C15H16F8. The molecule has 132 valence electrons. The van der Waals surface area contributed by atoms with Crippen LogP contribution in [0.2, 0.25) is 0 Å². The van der Waals surface area contributed by atoms with E-state index in [1.807, 2.05) is 6.92 Å². The van der Waals surface area contributed by atoms with Crippen LogP contribution in [0.25, 0.3) is 0 Å². The molecule has 0 aliphatic heterocycles. The van der Waals surface area contributed by atoms with Crippen molar-refractivity contribution in [2.45, 2.75) is 56.8 Å². The van der Waals surface area contributed by atoms with Crippen molar-refractivity contribution in [1.29, 1.82) is 0 Å². The molecule has 0 aliphatic rings. The van der Waals surface area contributed by atoms with Crippen molar-refractivity contribution >= 4 is 0 Å². The summed E-state index contributed by atoms with van der Waals surface area (Å²) in [6.45, 7) is 3.46. The van der Waals surface area contributed by atoms with Crippen LogP contribution in [0.4, 0.5) is 35.1 Å². The van der Waals surface area contributed by atoms with Crippen molar-refractivity contribution in [2.24, 2.45) is 0 Å². The van der Waals surface area contributed by atoms with E-state index in [4.69, 9.17) is 0 Å². The Bertz CT molecular complexity index is 526. The molecule has 1 rings (SSSR count). The highest BCUT2D eigenvalue weighted by Crippen LogP contribution is 2.57. The summed E-state index contributed by atoms with van der Waals surface area (Å²) in [5.74, 6) is -6.01. The summed E-state index contributed by atoms with van der Waals surface area (Å²) in [6.07, 6.45) is -11.5. The van der Waals surface area contributed by atoms with Gasteiger partial charge in [-0.25, -0.2) is 0 Å². The van der Waals surface area contributed by atoms with Gasteiger partial charge in [-0.3, -0.25) is 0 Å². The minimum atomic E-state index is -6.33. The zero-order chi connectivity index (χ0) is 18.3. The molecule has 0 heterocycles. The monoisotopic (exact) mass is 348 g/mol. The second-order valence-corrected chi connectivity index (χ2v) is 5.63. The quantitative estimate of drug-likeness (QED) is 0.567. The Morgan fingerprint density at radius 2 is 1.26 bits per heavy atom. The summed E-state index contributed by atoms with van der Waals surface area (Å²) in [6, 6.07) is 3.68. The molecule has 1 aromatic carbocycles. The van der Waals surface area contributed by atoms with Crippen molar-refractivity contribution in [1.82, 2.24) is 0 Å². The zero-order valence-corrected chi connectivity index (χ0v) is 12.6. The molecule has 0 fully saturated rings. The molecular weight excluding hydrogens is 332 g/mol. The minimum absolute atomic E-state index is 0.0516. The number of benzene rings is 1. The zero-order valence-electron chi connectivity index (χ0n) is 12.6. The predicted molar refractivity (Wildman–Crippen MR) is 69.6 cm³/mol. The van der Waals surface area contributed by atoms with Crippen molar-refractivity contribution in [3.05, 3.63) is 35.4 Å². The van der Waals surface area contributed by atoms with Gasteiger partial charge in [-0.15, -0.1) is 0 Å². The van der Waals surface area contributed by atoms with Gasteiger partial charge in [0.25, 0.3) is 0 Å². The third kappa shape index (κ3) is 3.17. The maximum absolute atomic E-state index is 13.6. The van der Waals surface area contributed by atoms with Gasteiger partial charge in [0.05, 0.1) is 0 Å². The molecule has 2 unspecified atom stereocenters. The summed E-state index contributed by atoms with van der Waals surface area (Å²) in [4.78, 5) is 0. The van der Waals surface area contributed by atoms with E-state index in [0.29, 0.717) is 24.1 Å². The van der Waals surface area contributed by atoms with Gasteiger partial charge in [-0.05, 0) is 30.4 Å². The van der Waals surface area contributed by atoms with E-state index < -0.39 is 29.3 Å². The standard InChI is InChI=1S/C15H16F8/c1-4-9(2)10-5-7-11(8-6-10)12(3,14(18,19)20)13(16,17)15(21,22)23/h5-9H,4H2,1-3H3. The summed E-state index contributed by atoms with van der Waals surface area (Å²) >= 11 is 0. The first-order chi connectivity index (χ1) is 10.2. The van der Waals surface area contributed by atoms with E-state index in [1.54, 1.807) is 6.92 Å². The number of hydrogen-bond acceptors (Lipinski definition) is 0. The Hall–Kier alpha value is -1.34. The molecule has 0 N–H and O–H groups in total. The average Bonchev–Trinajstić information content (AvgIpc) is 2.43. The second-order valence-electron chi connectivity index (χ2n) is 5.63. The molecule has 8 heteroatoms. The third-order valence-corrected chi connectivity index (χ3v) is 4.22. The molecule has 2 atom stereocenters. The fraction of sp³-hybridized carbons (Fsp3) is 0.600. The van der Waals surface area contributed by atoms with Gasteiger partial charge >= 0.3 is 18.3 Å². The van der Waals surface area contributed by atoms with Crippen LogP contribution in [0.15, 0.2) is 24.3 Å². The van der Waals surface area contributed by atoms with Gasteiger partial charge in [0.1, 0.15) is 0 Å². The summed E-state index contributed by atoms with van der Waals surface area (Å²) < 4.78 is 104. The molecule has 0 nitrogen and oxygen atoms in total. The van der Waals surface area contributed by atoms with Crippen molar-refractivity contribution in [3.8, 4) is 0 Å². The lowest BCUT2D eigenvalue weighted by molar-refractivity contribution is -0.354. The summed E-state index contributed by atoms with van der Waals surface area (Å²) in [5, 5.41) is 0. The minimum Gasteiger partial charge on any atom is -0.195 e. The molecule has 0 amide bonds. The number of rotatable bonds is 4. The maximum atomic E-state index is 13.6. The van der Waals surface area contributed by atoms with Crippen LogP contribution in [0.3, 0.4) is 0 Å². The average molecular weight is 348 g/mol. The van der Waals surface area contributed by atoms with Gasteiger partial charge in [0.2, 0.25) is 0 Å². The fourth-order valence-electron chi connectivity index (χ4n) is 2.19. The Morgan fingerprint density at radius 3 is 1.57 bits per heavy atom. The van der Waals surface area contributed by atoms with E-state index in [1.165, 1.54) is 0 Å². The highest BCUT2D eigenvalue weighted by Gasteiger charge is 2.77. The van der Waals surface area contributed by atoms with Crippen molar-refractivity contribution in [2.75, 3.05) is 0 Å². The molecule has 0 spiro atoms. The topological polar surface area (TPSA) is 0 Å². The Labute approximate surface area is 128 Å². The first-order valence-electron chi connectivity index (χ1n) is 6.81. The first-order valence-corrected chi connectivity index (χ1v) is 6.81. The summed E-state index contributed by atoms with van der Waals surface area (Å²) in [5.41, 5.74) is -4.93. The highest BCUT2D eigenvalue weighted by molar-refractivity contribution is 5.34. The molecule has 0 bridgehead atoms. The molecule has 23 heavy (non-hydrogen) atoms. The van der Waals surface area contributed by atoms with E-state index in [9.17, 15) is 35.1 Å². The first kappa shape index (κ1) is 19.7. The van der Waals surface area contributed by atoms with E-state index in [2.05, 4.69) is 0 Å². The van der Waals surface area contributed by atoms with Crippen LogP contribution in [0.1, 0.15) is 44.2 Å². The molecule has 0 aromatic heterocycles. The van der Waals surface area contributed by atoms with Crippen molar-refractivity contribution < 1.29 is 35.1 Å². The van der Waals surface area contributed by atoms with Crippen molar-refractivity contribution in [3.63, 3.8) is 0 Å². The largest absolute Gasteiger partial charge is 0.454 e. The molecule has 0 saturated carbocycles. The normalized spacial score (nSPS) is 17.7. The van der Waals surface area contributed by atoms with Gasteiger partial charge in [-0.2, -0.15) is 35.1 Å². The fourth-order valence-corrected chi connectivity index (χ4v) is 2.19. The molecule has 0 saturated heterocycles. The maximum Gasteiger partial charge on any atom is 0.454 e. The number of hydrogen-bond donors (Lipinski definition) is 0. The molecule has 0 aliphatic carbocycles. The number of alkyl halides is 8. The lowest BCUT2D eigenvalue weighted by atomic mass is 9.75. The van der Waals surface area contributed by atoms with Gasteiger partial charge in [0.15, 0.2) is 5.41 Å². The lowest BCUT2D eigenvalue weighted by Gasteiger charge is -2.39. The van der Waals surface area contributed by atoms with Crippen LogP contribution in [-0.4, -0.2) is 18.3 Å². The predicted octanol–water partition coefficient (Wildman–Crippen LogP) is 6.22. The Kier molecular flexibility index (Phi) is 5.09. The molecule has 1 aromatic rings. The highest BCUT2D eigenvalue weighted by atomic mass is 19.4. The Morgan fingerprint density at radius 1 is 0.826 bits per heavy atom. The van der Waals surface area contributed by atoms with E-state index in [-0.39, 0.29) is 12.8 Å². The van der Waals surface area contributed by atoms with Gasteiger partial charge in [-0.1, -0.05) is 38.1 Å². The smallest absolute Gasteiger partial charge is 0.195 e. The van der Waals surface area contributed by atoms with Crippen LogP contribution in [-0.2, 0) is 5.41 Å². The molecule has 0 radical (unpaired) electrons. The third-order valence-electron chi connectivity index (χ3n) is 4.22. The van der Waals surface area contributed by atoms with Crippen LogP contribution >= 0.6 is 0 Å². The second kappa shape index (κ2) is 5.94. The Balaban J connectivity index is 3.51. The number of halogens is 8.